The van der Waals surface area contributed by atoms with Gasteiger partial charge in [-0.05, 0) is 47.8 Å². The van der Waals surface area contributed by atoms with Crippen LogP contribution in [0.25, 0.3) is 0 Å². The average molecular weight is 480 g/mol. The molecule has 1 N–H and O–H groups in total. The van der Waals surface area contributed by atoms with Gasteiger partial charge in [-0.15, -0.1) is 11.3 Å². The first-order chi connectivity index (χ1) is 15.3. The van der Waals surface area contributed by atoms with Gasteiger partial charge in [-0.1, -0.05) is 6.07 Å². The molecule has 0 aliphatic heterocycles. The number of rotatable bonds is 9. The van der Waals surface area contributed by atoms with E-state index in [9.17, 15) is 17.6 Å². The Labute approximate surface area is 189 Å². The summed E-state index contributed by atoms with van der Waals surface area (Å²) in [5, 5.41) is 3.39. The zero-order valence-corrected chi connectivity index (χ0v) is 19.3. The fourth-order valence-corrected chi connectivity index (χ4v) is 5.91. The van der Waals surface area contributed by atoms with Crippen LogP contribution in [0.5, 0.6) is 17.2 Å². The van der Waals surface area contributed by atoms with Gasteiger partial charge in [0.05, 0.1) is 26.2 Å². The van der Waals surface area contributed by atoms with Crippen molar-refractivity contribution in [2.24, 2.45) is 0 Å². The molecule has 1 aromatic heterocycles. The second-order valence-electron chi connectivity index (χ2n) is 6.63. The molecule has 0 bridgehead atoms. The molecule has 2 aromatic carbocycles. The van der Waals surface area contributed by atoms with Crippen LogP contribution in [0.2, 0.25) is 0 Å². The highest BCUT2D eigenvalue weighted by Crippen LogP contribution is 2.38. The van der Waals surface area contributed by atoms with E-state index < -0.39 is 26.8 Å². The number of amides is 1. The smallest absolute Gasteiger partial charge is 0.251 e. The number of halogens is 1. The summed E-state index contributed by atoms with van der Waals surface area (Å²) in [5.41, 5.74) is 0.212. The average Bonchev–Trinajstić information content (AvgIpc) is 3.32. The number of nitrogens with one attached hydrogen (secondary N) is 1. The Kier molecular flexibility index (Phi) is 7.37. The molecular formula is C22H22FNO6S2. The molecule has 0 saturated heterocycles. The monoisotopic (exact) mass is 479 g/mol. The Morgan fingerprint density at radius 3 is 2.16 bits per heavy atom. The Hall–Kier alpha value is -3.11. The summed E-state index contributed by atoms with van der Waals surface area (Å²) in [7, 11) is 0.418. The Bertz CT molecular complexity index is 1150. The number of benzene rings is 2. The maximum Gasteiger partial charge on any atom is 0.251 e. The molecule has 7 nitrogen and oxygen atoms in total. The van der Waals surface area contributed by atoms with Gasteiger partial charge in [0.25, 0.3) is 5.91 Å². The van der Waals surface area contributed by atoms with E-state index in [1.54, 1.807) is 17.5 Å². The van der Waals surface area contributed by atoms with Crippen molar-refractivity contribution in [2.45, 2.75) is 10.1 Å². The number of sulfone groups is 1. The minimum atomic E-state index is -3.90. The van der Waals surface area contributed by atoms with Crippen molar-refractivity contribution in [1.29, 1.82) is 0 Å². The van der Waals surface area contributed by atoms with Gasteiger partial charge >= 0.3 is 0 Å². The van der Waals surface area contributed by atoms with Crippen LogP contribution in [0, 0.1) is 5.82 Å². The van der Waals surface area contributed by atoms with Gasteiger partial charge in [0, 0.05) is 17.0 Å². The molecule has 3 aromatic rings. The molecule has 0 unspecified atom stereocenters. The van der Waals surface area contributed by atoms with Gasteiger partial charge in [-0.2, -0.15) is 0 Å². The van der Waals surface area contributed by atoms with Crippen molar-refractivity contribution in [3.05, 3.63) is 70.2 Å². The summed E-state index contributed by atoms with van der Waals surface area (Å²) in [5.74, 6) is -0.120. The van der Waals surface area contributed by atoms with E-state index in [0.717, 1.165) is 12.1 Å². The molecule has 0 spiro atoms. The van der Waals surface area contributed by atoms with Crippen LogP contribution in [0.15, 0.2) is 58.8 Å². The van der Waals surface area contributed by atoms with E-state index in [-0.39, 0.29) is 17.0 Å². The molecule has 0 radical (unpaired) electrons. The third-order valence-electron chi connectivity index (χ3n) is 4.75. The van der Waals surface area contributed by atoms with Gasteiger partial charge in [0.15, 0.2) is 21.3 Å². The van der Waals surface area contributed by atoms with Crippen LogP contribution in [0.3, 0.4) is 0 Å². The lowest BCUT2D eigenvalue weighted by Crippen LogP contribution is -2.31. The Morgan fingerprint density at radius 1 is 1.03 bits per heavy atom. The van der Waals surface area contributed by atoms with Gasteiger partial charge in [0.1, 0.15) is 11.1 Å². The molecule has 1 amide bonds. The summed E-state index contributed by atoms with van der Waals surface area (Å²) < 4.78 is 55.6. The van der Waals surface area contributed by atoms with Crippen molar-refractivity contribution in [3.63, 3.8) is 0 Å². The number of carbonyl (C=O) groups is 1. The molecule has 0 aliphatic carbocycles. The van der Waals surface area contributed by atoms with E-state index in [4.69, 9.17) is 14.2 Å². The van der Waals surface area contributed by atoms with Crippen molar-refractivity contribution in [2.75, 3.05) is 27.9 Å². The molecule has 0 fully saturated rings. The Balaban J connectivity index is 1.89. The predicted molar refractivity (Wildman–Crippen MR) is 119 cm³/mol. The van der Waals surface area contributed by atoms with Crippen molar-refractivity contribution in [3.8, 4) is 17.2 Å². The van der Waals surface area contributed by atoms with Crippen LogP contribution >= 0.6 is 11.3 Å². The van der Waals surface area contributed by atoms with Crippen molar-refractivity contribution >= 4 is 27.1 Å². The summed E-state index contributed by atoms with van der Waals surface area (Å²) >= 11 is 1.26. The summed E-state index contributed by atoms with van der Waals surface area (Å²) in [6, 6.07) is 11.0. The zero-order chi connectivity index (χ0) is 23.3. The van der Waals surface area contributed by atoms with Crippen LogP contribution in [0.4, 0.5) is 4.39 Å². The maximum atomic E-state index is 13.3. The molecule has 10 heteroatoms. The number of hydrogen-bond donors (Lipinski definition) is 1. The Morgan fingerprint density at radius 2 is 1.66 bits per heavy atom. The van der Waals surface area contributed by atoms with Crippen LogP contribution in [0.1, 0.15) is 20.5 Å². The van der Waals surface area contributed by atoms with E-state index in [2.05, 4.69) is 5.32 Å². The van der Waals surface area contributed by atoms with Gasteiger partial charge < -0.3 is 19.5 Å². The van der Waals surface area contributed by atoms with Crippen molar-refractivity contribution in [1.82, 2.24) is 5.32 Å². The number of ether oxygens (including phenoxy) is 3. The van der Waals surface area contributed by atoms with E-state index in [1.165, 1.54) is 56.9 Å². The standard InChI is InChI=1S/C22H22FNO6S2/c1-28-17-11-14(12-18(29-2)21(17)30-3)22(25)24-13-20(19-5-4-10-31-19)32(26,27)16-8-6-15(23)7-9-16/h4-12,20H,13H2,1-3H3,(H,24,25)/t20-/m0/s1. The molecular weight excluding hydrogens is 457 g/mol. The summed E-state index contributed by atoms with van der Waals surface area (Å²) in [4.78, 5) is 13.4. The molecule has 170 valence electrons. The largest absolute Gasteiger partial charge is 0.493 e. The molecule has 3 rings (SSSR count). The highest BCUT2D eigenvalue weighted by molar-refractivity contribution is 7.91. The van der Waals surface area contributed by atoms with Crippen LogP contribution in [-0.2, 0) is 9.84 Å². The lowest BCUT2D eigenvalue weighted by molar-refractivity contribution is 0.0953. The summed E-state index contributed by atoms with van der Waals surface area (Å²) in [6.45, 7) is -0.185. The number of thiophene rings is 1. The highest BCUT2D eigenvalue weighted by Gasteiger charge is 2.31. The van der Waals surface area contributed by atoms with Crippen LogP contribution in [-0.4, -0.2) is 42.2 Å². The first-order valence-corrected chi connectivity index (χ1v) is 11.9. The first-order valence-electron chi connectivity index (χ1n) is 9.43. The van der Waals surface area contributed by atoms with Crippen LogP contribution < -0.4 is 19.5 Å². The minimum Gasteiger partial charge on any atom is -0.493 e. The number of hydrogen-bond acceptors (Lipinski definition) is 7. The maximum absolute atomic E-state index is 13.3. The van der Waals surface area contributed by atoms with E-state index >= 15 is 0 Å². The molecule has 1 heterocycles. The minimum absolute atomic E-state index is 0.0284. The van der Waals surface area contributed by atoms with Crippen molar-refractivity contribution < 1.29 is 31.8 Å². The predicted octanol–water partition coefficient (Wildman–Crippen LogP) is 3.86. The fraction of sp³-hybridized carbons (Fsp3) is 0.227. The lowest BCUT2D eigenvalue weighted by atomic mass is 10.1. The van der Waals surface area contributed by atoms with E-state index in [1.807, 2.05) is 0 Å². The third-order valence-corrected chi connectivity index (χ3v) is 7.99. The number of carbonyl (C=O) groups excluding carboxylic acids is 1. The first kappa shape index (κ1) is 23.6. The van der Waals surface area contributed by atoms with Gasteiger partial charge in [-0.25, -0.2) is 12.8 Å². The molecule has 1 atom stereocenters. The normalized spacial score (nSPS) is 12.1. The molecule has 0 saturated carbocycles. The second-order valence-corrected chi connectivity index (χ2v) is 9.74. The second kappa shape index (κ2) is 10.0. The summed E-state index contributed by atoms with van der Waals surface area (Å²) in [6.07, 6.45) is 0. The van der Waals surface area contributed by atoms with Gasteiger partial charge in [0.2, 0.25) is 5.75 Å². The highest BCUT2D eigenvalue weighted by atomic mass is 32.2. The number of methoxy groups -OCH3 is 3. The molecule has 32 heavy (non-hydrogen) atoms. The topological polar surface area (TPSA) is 90.9 Å². The lowest BCUT2D eigenvalue weighted by Gasteiger charge is -2.18. The fourth-order valence-electron chi connectivity index (χ4n) is 3.13. The van der Waals surface area contributed by atoms with Gasteiger partial charge in [-0.3, -0.25) is 4.79 Å². The zero-order valence-electron chi connectivity index (χ0n) is 17.6. The van der Waals surface area contributed by atoms with E-state index in [0.29, 0.717) is 22.1 Å². The SMILES string of the molecule is COc1cc(C(=O)NC[C@@H](c2cccs2)S(=O)(=O)c2ccc(F)cc2)cc(OC)c1OC. The molecule has 0 aliphatic rings. The quantitative estimate of drug-likeness (QED) is 0.469. The third kappa shape index (κ3) is 4.86.